The Labute approximate surface area is 203 Å². The fraction of sp³-hybridized carbons (Fsp3) is 0.880. The van der Waals surface area contributed by atoms with E-state index >= 15 is 0 Å². The van der Waals surface area contributed by atoms with E-state index in [-0.39, 0.29) is 24.3 Å². The van der Waals surface area contributed by atoms with Gasteiger partial charge in [-0.3, -0.25) is 0 Å². The minimum atomic E-state index is -4.12. The van der Waals surface area contributed by atoms with Crippen LogP contribution in [0.15, 0.2) is 0 Å². The number of rotatable bonds is 7. The second-order valence-corrected chi connectivity index (χ2v) is 12.7. The van der Waals surface area contributed by atoms with Crippen LogP contribution in [-0.2, 0) is 0 Å². The summed E-state index contributed by atoms with van der Waals surface area (Å²) in [6.07, 6.45) is 4.86. The van der Waals surface area contributed by atoms with E-state index in [1.165, 1.54) is 12.8 Å². The molecule has 0 aromatic carbocycles. The van der Waals surface area contributed by atoms with Gasteiger partial charge in [0.05, 0.1) is 0 Å². The Morgan fingerprint density at radius 2 is 1.57 bits per heavy atom. The van der Waals surface area contributed by atoms with E-state index < -0.39 is 11.7 Å². The van der Waals surface area contributed by atoms with Crippen molar-refractivity contribution >= 4 is 6.03 Å². The lowest BCUT2D eigenvalue weighted by Gasteiger charge is -2.76. The summed E-state index contributed by atoms with van der Waals surface area (Å²) >= 11 is 0. The zero-order valence-corrected chi connectivity index (χ0v) is 20.2. The molecule has 0 spiro atoms. The molecule has 2 N–H and O–H groups in total. The number of amides is 2. The molecule has 8 rings (SSSR count). The predicted molar refractivity (Wildman–Crippen MR) is 122 cm³/mol. The number of alkyl halides is 3. The highest BCUT2D eigenvalue weighted by molar-refractivity contribution is 5.75. The van der Waals surface area contributed by atoms with E-state index in [0.29, 0.717) is 29.7 Å². The van der Waals surface area contributed by atoms with Crippen molar-refractivity contribution in [2.24, 2.45) is 16.7 Å². The average Bonchev–Trinajstić information content (AvgIpc) is 3.68. The van der Waals surface area contributed by atoms with Crippen molar-refractivity contribution in [3.8, 4) is 0 Å². The Morgan fingerprint density at radius 3 is 2.11 bits per heavy atom. The number of aromatic amines is 1. The second kappa shape index (κ2) is 7.35. The topological polar surface area (TPSA) is 77.2 Å². The molecule has 35 heavy (non-hydrogen) atoms. The van der Waals surface area contributed by atoms with Crippen LogP contribution in [0.1, 0.15) is 87.7 Å². The number of hydrogen-bond acceptors (Lipinski definition) is 4. The predicted octanol–water partition coefficient (Wildman–Crippen LogP) is 4.16. The Morgan fingerprint density at radius 1 is 0.971 bits per heavy atom. The summed E-state index contributed by atoms with van der Waals surface area (Å²) in [5.41, 5.74) is -0.969. The van der Waals surface area contributed by atoms with Crippen molar-refractivity contribution in [3.63, 3.8) is 0 Å². The number of carbonyl (C=O) groups is 1. The van der Waals surface area contributed by atoms with Gasteiger partial charge in [-0.05, 0) is 87.5 Å². The van der Waals surface area contributed by atoms with Gasteiger partial charge in [-0.15, -0.1) is 10.2 Å². The third-order valence-electron chi connectivity index (χ3n) is 10.2. The molecule has 10 heteroatoms. The molecule has 2 aliphatic heterocycles. The van der Waals surface area contributed by atoms with E-state index in [1.807, 2.05) is 9.80 Å². The molecule has 0 radical (unpaired) electrons. The third-order valence-corrected chi connectivity index (χ3v) is 10.2. The number of hydrogen-bond donors (Lipinski definition) is 2. The van der Waals surface area contributed by atoms with E-state index in [1.54, 1.807) is 0 Å². The summed E-state index contributed by atoms with van der Waals surface area (Å²) in [6.45, 7) is 3.70. The number of carbonyl (C=O) groups excluding carboxylic acids is 1. The number of nitrogens with one attached hydrogen (secondary N) is 2. The molecule has 1 aromatic heterocycles. The van der Waals surface area contributed by atoms with Crippen LogP contribution in [-0.4, -0.2) is 75.5 Å². The first kappa shape index (κ1) is 22.4. The molecule has 2 bridgehead atoms. The van der Waals surface area contributed by atoms with E-state index in [4.69, 9.17) is 0 Å². The number of piperidine rings is 1. The van der Waals surface area contributed by atoms with Gasteiger partial charge in [0, 0.05) is 38.0 Å². The first-order valence-corrected chi connectivity index (χ1v) is 13.5. The van der Waals surface area contributed by atoms with Crippen LogP contribution in [0.2, 0.25) is 0 Å². The maximum absolute atomic E-state index is 13.1. The van der Waals surface area contributed by atoms with Crippen molar-refractivity contribution in [2.75, 3.05) is 32.7 Å². The average molecular weight is 493 g/mol. The highest BCUT2D eigenvalue weighted by Gasteiger charge is 2.71. The zero-order chi connectivity index (χ0) is 24.1. The molecule has 7 nitrogen and oxygen atoms in total. The van der Waals surface area contributed by atoms with E-state index in [2.05, 4.69) is 20.5 Å². The molecule has 1 aromatic rings. The Kier molecular flexibility index (Phi) is 4.70. The first-order valence-electron chi connectivity index (χ1n) is 13.5. The smallest absolute Gasteiger partial charge is 0.328 e. The Hall–Kier alpha value is -1.84. The second-order valence-electron chi connectivity index (χ2n) is 12.7. The standard InChI is InChI=1S/C25H35F3N6O/c26-25(27,28)24(5-6-24)29-8-7-22-13-23(14-22,15-22)18-11-34(12-18)21(35)33-9-3-17(4-10-33)20-30-19(31-32-20)16-1-2-16/h16-18,29H,1-15H2,(H,30,31,32). The van der Waals surface area contributed by atoms with Crippen LogP contribution in [0.3, 0.4) is 0 Å². The van der Waals surface area contributed by atoms with Crippen LogP contribution in [0, 0.1) is 16.7 Å². The maximum Gasteiger partial charge on any atom is 0.406 e. The van der Waals surface area contributed by atoms with Crippen molar-refractivity contribution in [1.82, 2.24) is 30.3 Å². The molecule has 0 unspecified atom stereocenters. The Balaban J connectivity index is 0.830. The van der Waals surface area contributed by atoms with Crippen LogP contribution in [0.5, 0.6) is 0 Å². The summed E-state index contributed by atoms with van der Waals surface area (Å²) in [4.78, 5) is 20.4. The monoisotopic (exact) mass is 492 g/mol. The molecule has 3 heterocycles. The van der Waals surface area contributed by atoms with E-state index in [0.717, 1.165) is 76.4 Å². The molecular formula is C25H35F3N6O. The van der Waals surface area contributed by atoms with Crippen LogP contribution >= 0.6 is 0 Å². The molecule has 2 saturated heterocycles. The minimum Gasteiger partial charge on any atom is -0.328 e. The van der Waals surface area contributed by atoms with Crippen LogP contribution in [0.4, 0.5) is 18.0 Å². The van der Waals surface area contributed by atoms with Gasteiger partial charge in [0.25, 0.3) is 0 Å². The first-order chi connectivity index (χ1) is 16.7. The SMILES string of the molecule is O=C(N1CCC(c2nnc(C3CC3)[nH]2)CC1)N1CC(C23CC(CCNC4(C(F)(F)F)CC4)(C2)C3)C1. The van der Waals surface area contributed by atoms with Gasteiger partial charge in [-0.25, -0.2) is 4.79 Å². The Bertz CT molecular complexity index is 981. The molecule has 2 amide bonds. The summed E-state index contributed by atoms with van der Waals surface area (Å²) in [5, 5.41) is 11.5. The molecule has 7 aliphatic rings. The fourth-order valence-corrected chi connectivity index (χ4v) is 7.62. The molecular weight excluding hydrogens is 457 g/mol. The molecule has 0 atom stereocenters. The van der Waals surface area contributed by atoms with Crippen LogP contribution in [0.25, 0.3) is 0 Å². The van der Waals surface area contributed by atoms with Crippen molar-refractivity contribution in [3.05, 3.63) is 11.6 Å². The summed E-state index contributed by atoms with van der Waals surface area (Å²) in [7, 11) is 0. The number of likely N-dealkylation sites (tertiary alicyclic amines) is 2. The highest BCUT2D eigenvalue weighted by atomic mass is 19.4. The lowest BCUT2D eigenvalue weighted by Crippen LogP contribution is -2.72. The quantitative estimate of drug-likeness (QED) is 0.599. The number of nitrogens with zero attached hydrogens (tertiary/aromatic N) is 4. The van der Waals surface area contributed by atoms with Gasteiger partial charge < -0.3 is 20.1 Å². The van der Waals surface area contributed by atoms with Gasteiger partial charge in [0.15, 0.2) is 0 Å². The highest BCUT2D eigenvalue weighted by Crippen LogP contribution is 2.78. The summed E-state index contributed by atoms with van der Waals surface area (Å²) in [5.74, 6) is 3.53. The molecule has 192 valence electrons. The lowest BCUT2D eigenvalue weighted by molar-refractivity contribution is -0.257. The number of halogens is 3. The van der Waals surface area contributed by atoms with E-state index in [9.17, 15) is 18.0 Å². The van der Waals surface area contributed by atoms with Gasteiger partial charge in [0.1, 0.15) is 17.2 Å². The van der Waals surface area contributed by atoms with Gasteiger partial charge in [0.2, 0.25) is 0 Å². The number of urea groups is 1. The molecule has 7 fully saturated rings. The molecule has 5 aliphatic carbocycles. The molecule has 5 saturated carbocycles. The largest absolute Gasteiger partial charge is 0.406 e. The normalized spacial score (nSPS) is 34.3. The summed E-state index contributed by atoms with van der Waals surface area (Å²) in [6, 6.07) is 0.170. The summed E-state index contributed by atoms with van der Waals surface area (Å²) < 4.78 is 39.3. The van der Waals surface area contributed by atoms with Crippen molar-refractivity contribution < 1.29 is 18.0 Å². The van der Waals surface area contributed by atoms with Crippen molar-refractivity contribution in [1.29, 1.82) is 0 Å². The third kappa shape index (κ3) is 3.60. The minimum absolute atomic E-state index is 0.170. The van der Waals surface area contributed by atoms with Crippen molar-refractivity contribution in [2.45, 2.75) is 87.8 Å². The lowest BCUT2D eigenvalue weighted by atomic mass is 9.30. The maximum atomic E-state index is 13.1. The van der Waals surface area contributed by atoms with Gasteiger partial charge in [-0.1, -0.05) is 0 Å². The van der Waals surface area contributed by atoms with Crippen LogP contribution < -0.4 is 5.32 Å². The fourth-order valence-electron chi connectivity index (χ4n) is 7.62. The zero-order valence-electron chi connectivity index (χ0n) is 20.2. The number of H-pyrrole nitrogens is 1. The van der Waals surface area contributed by atoms with Gasteiger partial charge in [-0.2, -0.15) is 13.2 Å². The number of aromatic nitrogens is 3. The van der Waals surface area contributed by atoms with Gasteiger partial charge >= 0.3 is 12.2 Å².